The fourth-order valence-electron chi connectivity index (χ4n) is 2.42. The molecule has 3 nitrogen and oxygen atoms in total. The van der Waals surface area contributed by atoms with E-state index in [9.17, 15) is 0 Å². The lowest BCUT2D eigenvalue weighted by Gasteiger charge is -2.19. The number of nitrogens with one attached hydrogen (secondary N) is 1. The van der Waals surface area contributed by atoms with Crippen LogP contribution in [0.5, 0.6) is 0 Å². The summed E-state index contributed by atoms with van der Waals surface area (Å²) in [5.74, 6) is 0. The van der Waals surface area contributed by atoms with Gasteiger partial charge in [0.1, 0.15) is 0 Å². The lowest BCUT2D eigenvalue weighted by molar-refractivity contribution is 0.480. The Kier molecular flexibility index (Phi) is 5.80. The second-order valence-electron chi connectivity index (χ2n) is 5.02. The summed E-state index contributed by atoms with van der Waals surface area (Å²) >= 11 is 1.84. The van der Waals surface area contributed by atoms with E-state index in [-0.39, 0.29) is 0 Å². The molecule has 0 aromatic carbocycles. The molecule has 0 aliphatic heterocycles. The van der Waals surface area contributed by atoms with Crippen molar-refractivity contribution in [2.45, 2.75) is 52.6 Å². The zero-order chi connectivity index (χ0) is 14.4. The summed E-state index contributed by atoms with van der Waals surface area (Å²) in [5, 5.41) is 10.5. The van der Waals surface area contributed by atoms with E-state index in [1.54, 1.807) is 0 Å². The van der Waals surface area contributed by atoms with Crippen LogP contribution in [0.15, 0.2) is 23.6 Å². The van der Waals surface area contributed by atoms with Crippen LogP contribution in [0.4, 0.5) is 0 Å². The van der Waals surface area contributed by atoms with Crippen molar-refractivity contribution in [2.24, 2.45) is 0 Å². The highest BCUT2D eigenvalue weighted by Crippen LogP contribution is 2.22. The molecular weight excluding hydrogens is 266 g/mol. The molecule has 0 saturated heterocycles. The van der Waals surface area contributed by atoms with E-state index in [1.807, 2.05) is 11.3 Å². The van der Waals surface area contributed by atoms with E-state index >= 15 is 0 Å². The molecule has 0 amide bonds. The minimum absolute atomic E-state index is 0.362. The number of hydrogen-bond acceptors (Lipinski definition) is 3. The van der Waals surface area contributed by atoms with Gasteiger partial charge in [-0.2, -0.15) is 5.10 Å². The summed E-state index contributed by atoms with van der Waals surface area (Å²) in [4.78, 5) is 1.43. The highest BCUT2D eigenvalue weighted by atomic mass is 32.1. The predicted octanol–water partition coefficient (Wildman–Crippen LogP) is 3.81. The Morgan fingerprint density at radius 1 is 1.35 bits per heavy atom. The summed E-state index contributed by atoms with van der Waals surface area (Å²) in [6.07, 6.45) is 3.20. The van der Waals surface area contributed by atoms with Crippen molar-refractivity contribution < 1.29 is 0 Å². The van der Waals surface area contributed by atoms with Gasteiger partial charge in [-0.15, -0.1) is 11.3 Å². The van der Waals surface area contributed by atoms with Crippen molar-refractivity contribution in [3.05, 3.63) is 39.8 Å². The number of nitrogens with zero attached hydrogens (tertiary/aromatic N) is 2. The summed E-state index contributed by atoms with van der Waals surface area (Å²) in [6, 6.07) is 6.98. The van der Waals surface area contributed by atoms with Crippen LogP contribution in [0.3, 0.4) is 0 Å². The molecule has 2 heterocycles. The van der Waals surface area contributed by atoms with Gasteiger partial charge in [-0.25, -0.2) is 0 Å². The van der Waals surface area contributed by atoms with Gasteiger partial charge in [0.15, 0.2) is 0 Å². The van der Waals surface area contributed by atoms with Crippen LogP contribution in [0, 0.1) is 0 Å². The summed E-state index contributed by atoms with van der Waals surface area (Å²) in [7, 11) is 0. The molecule has 0 bridgehead atoms. The van der Waals surface area contributed by atoms with E-state index < -0.39 is 0 Å². The van der Waals surface area contributed by atoms with Crippen LogP contribution in [0.1, 0.15) is 49.5 Å². The maximum Gasteiger partial charge on any atom is 0.0625 e. The summed E-state index contributed by atoms with van der Waals surface area (Å²) in [6.45, 7) is 8.53. The van der Waals surface area contributed by atoms with Gasteiger partial charge in [0.2, 0.25) is 0 Å². The van der Waals surface area contributed by atoms with E-state index in [1.165, 1.54) is 16.3 Å². The lowest BCUT2D eigenvalue weighted by atomic mass is 10.1. The summed E-state index contributed by atoms with van der Waals surface area (Å²) in [5.41, 5.74) is 2.52. The molecular formula is C16H25N3S. The molecule has 2 aromatic heterocycles. The quantitative estimate of drug-likeness (QED) is 0.801. The molecule has 0 saturated carbocycles. The number of hydrogen-bond donors (Lipinski definition) is 1. The van der Waals surface area contributed by atoms with E-state index in [2.05, 4.69) is 59.4 Å². The second-order valence-corrected chi connectivity index (χ2v) is 6.05. The van der Waals surface area contributed by atoms with Crippen molar-refractivity contribution in [2.75, 3.05) is 6.54 Å². The fourth-order valence-corrected chi connectivity index (χ4v) is 3.18. The number of thiophene rings is 1. The molecule has 2 rings (SSSR count). The molecule has 1 atom stereocenters. The van der Waals surface area contributed by atoms with Gasteiger partial charge in [-0.05, 0) is 43.8 Å². The van der Waals surface area contributed by atoms with E-state index in [0.29, 0.717) is 6.04 Å². The Morgan fingerprint density at radius 2 is 2.20 bits per heavy atom. The molecule has 4 heteroatoms. The molecule has 0 fully saturated rings. The zero-order valence-corrected chi connectivity index (χ0v) is 13.5. The van der Waals surface area contributed by atoms with Gasteiger partial charge in [0.25, 0.3) is 0 Å². The molecule has 20 heavy (non-hydrogen) atoms. The van der Waals surface area contributed by atoms with Crippen LogP contribution in [-0.2, 0) is 19.4 Å². The van der Waals surface area contributed by atoms with Crippen molar-refractivity contribution >= 4 is 11.3 Å². The highest BCUT2D eigenvalue weighted by molar-refractivity contribution is 7.09. The monoisotopic (exact) mass is 291 g/mol. The molecule has 1 N–H and O–H groups in total. The molecule has 0 spiro atoms. The van der Waals surface area contributed by atoms with Gasteiger partial charge in [0.05, 0.1) is 17.4 Å². The van der Waals surface area contributed by atoms with E-state index in [4.69, 9.17) is 0 Å². The van der Waals surface area contributed by atoms with Crippen LogP contribution < -0.4 is 5.32 Å². The third kappa shape index (κ3) is 3.70. The Hall–Kier alpha value is -1.13. The highest BCUT2D eigenvalue weighted by Gasteiger charge is 2.18. The van der Waals surface area contributed by atoms with Crippen molar-refractivity contribution in [1.82, 2.24) is 15.1 Å². The zero-order valence-electron chi connectivity index (χ0n) is 12.7. The molecule has 1 unspecified atom stereocenters. The van der Waals surface area contributed by atoms with Crippen LogP contribution >= 0.6 is 11.3 Å². The standard InChI is InChI=1S/C16H25N3S/c1-4-9-17-15(12-14-8-7-10-20-14)16-11-13(5-2)18-19(16)6-3/h7-8,10-11,15,17H,4-6,9,12H2,1-3H3. The Morgan fingerprint density at radius 3 is 2.80 bits per heavy atom. The SMILES string of the molecule is CCCNC(Cc1cccs1)c1cc(CC)nn1CC. The second kappa shape index (κ2) is 7.60. The van der Waals surface area contributed by atoms with Gasteiger partial charge >= 0.3 is 0 Å². The average Bonchev–Trinajstić information content (AvgIpc) is 3.12. The van der Waals surface area contributed by atoms with Crippen LogP contribution in [-0.4, -0.2) is 16.3 Å². The normalized spacial score (nSPS) is 12.8. The fraction of sp³-hybridized carbons (Fsp3) is 0.562. The Labute approximate surface area is 126 Å². The number of rotatable bonds is 8. The molecule has 0 aliphatic carbocycles. The maximum atomic E-state index is 4.69. The Balaban J connectivity index is 2.22. The van der Waals surface area contributed by atoms with Gasteiger partial charge in [-0.3, -0.25) is 4.68 Å². The first-order valence-corrected chi connectivity index (χ1v) is 8.48. The molecule has 110 valence electrons. The first-order valence-electron chi connectivity index (χ1n) is 7.60. The first kappa shape index (κ1) is 15.3. The van der Waals surface area contributed by atoms with Gasteiger partial charge in [0, 0.05) is 17.8 Å². The van der Waals surface area contributed by atoms with Crippen LogP contribution in [0.25, 0.3) is 0 Å². The van der Waals surface area contributed by atoms with Gasteiger partial charge in [-0.1, -0.05) is 19.9 Å². The van der Waals surface area contributed by atoms with Gasteiger partial charge < -0.3 is 5.32 Å². The van der Waals surface area contributed by atoms with E-state index in [0.717, 1.165) is 32.4 Å². The third-order valence-electron chi connectivity index (χ3n) is 3.51. The lowest BCUT2D eigenvalue weighted by Crippen LogP contribution is -2.26. The number of aryl methyl sites for hydroxylation is 2. The van der Waals surface area contributed by atoms with Crippen molar-refractivity contribution in [3.8, 4) is 0 Å². The predicted molar refractivity (Wildman–Crippen MR) is 86.3 cm³/mol. The molecule has 2 aromatic rings. The Bertz CT molecular complexity index is 502. The minimum Gasteiger partial charge on any atom is -0.308 e. The molecule has 0 aliphatic rings. The number of aromatic nitrogens is 2. The summed E-state index contributed by atoms with van der Waals surface area (Å²) < 4.78 is 2.15. The maximum absolute atomic E-state index is 4.69. The van der Waals surface area contributed by atoms with Crippen molar-refractivity contribution in [1.29, 1.82) is 0 Å². The largest absolute Gasteiger partial charge is 0.308 e. The van der Waals surface area contributed by atoms with Crippen LogP contribution in [0.2, 0.25) is 0 Å². The topological polar surface area (TPSA) is 29.9 Å². The first-order chi connectivity index (χ1) is 9.78. The third-order valence-corrected chi connectivity index (χ3v) is 4.41. The average molecular weight is 291 g/mol. The minimum atomic E-state index is 0.362. The molecule has 0 radical (unpaired) electrons. The van der Waals surface area contributed by atoms with Crippen molar-refractivity contribution in [3.63, 3.8) is 0 Å². The smallest absolute Gasteiger partial charge is 0.0625 e.